The van der Waals surface area contributed by atoms with E-state index in [1.54, 1.807) is 12.1 Å². The molecule has 6 heteroatoms. The van der Waals surface area contributed by atoms with Crippen LogP contribution in [0, 0.1) is 0 Å². The molecule has 1 unspecified atom stereocenters. The van der Waals surface area contributed by atoms with E-state index in [1.165, 1.54) is 6.20 Å². The molecule has 0 aliphatic carbocycles. The fourth-order valence-electron chi connectivity index (χ4n) is 3.51. The fourth-order valence-corrected chi connectivity index (χ4v) is 3.71. The Morgan fingerprint density at radius 2 is 1.63 bits per heavy atom. The molecule has 0 aliphatic rings. The number of rotatable bonds is 3. The van der Waals surface area contributed by atoms with Crippen molar-refractivity contribution in [2.24, 2.45) is 0 Å². The summed E-state index contributed by atoms with van der Waals surface area (Å²) in [6.45, 7) is 12.6. The number of amides is 1. The van der Waals surface area contributed by atoms with E-state index in [-0.39, 0.29) is 21.8 Å². The molecular weight excluding hydrogens is 395 g/mol. The van der Waals surface area contributed by atoms with Gasteiger partial charge in [0.15, 0.2) is 0 Å². The van der Waals surface area contributed by atoms with Gasteiger partial charge in [0.1, 0.15) is 11.3 Å². The third-order valence-electron chi connectivity index (χ3n) is 5.14. The van der Waals surface area contributed by atoms with Gasteiger partial charge in [-0.3, -0.25) is 9.59 Å². The zero-order valence-electron chi connectivity index (χ0n) is 18.3. The first-order valence-electron chi connectivity index (χ1n) is 9.91. The molecule has 0 saturated carbocycles. The van der Waals surface area contributed by atoms with Gasteiger partial charge in [-0.2, -0.15) is 0 Å². The van der Waals surface area contributed by atoms with Crippen LogP contribution in [0.25, 0.3) is 10.9 Å². The van der Waals surface area contributed by atoms with Crippen LogP contribution in [0.3, 0.4) is 0 Å². The van der Waals surface area contributed by atoms with Gasteiger partial charge in [0, 0.05) is 34.4 Å². The van der Waals surface area contributed by atoms with Crippen LogP contribution in [-0.2, 0) is 10.8 Å². The summed E-state index contributed by atoms with van der Waals surface area (Å²) in [5.41, 5.74) is 2.76. The lowest BCUT2D eigenvalue weighted by atomic mass is 9.79. The van der Waals surface area contributed by atoms with Gasteiger partial charge in [-0.15, -0.1) is 0 Å². The van der Waals surface area contributed by atoms with Crippen LogP contribution in [-0.4, -0.2) is 10.9 Å². The Balaban J connectivity index is 2.11. The highest BCUT2D eigenvalue weighted by atomic mass is 31.0. The molecule has 0 spiro atoms. The van der Waals surface area contributed by atoms with E-state index >= 15 is 0 Å². The number of carbonyl (C=O) groups is 1. The third-order valence-corrected chi connectivity index (χ3v) is 5.40. The quantitative estimate of drug-likeness (QED) is 0.542. The number of fused-ring (bicyclic) bond motifs is 1. The molecule has 2 N–H and O–H groups in total. The average molecular weight is 424 g/mol. The van der Waals surface area contributed by atoms with Crippen molar-refractivity contribution in [1.29, 1.82) is 0 Å². The minimum Gasteiger partial charge on any atom is -0.480 e. The maximum Gasteiger partial charge on any atom is 0.261 e. The van der Waals surface area contributed by atoms with Crippen molar-refractivity contribution in [3.8, 4) is 5.75 Å². The molecule has 2 aromatic carbocycles. The maximum atomic E-state index is 13.1. The van der Waals surface area contributed by atoms with Crippen molar-refractivity contribution in [3.05, 3.63) is 69.5 Å². The Labute approximate surface area is 179 Å². The molecule has 158 valence electrons. The Morgan fingerprint density at radius 3 is 2.23 bits per heavy atom. The number of nitrogens with one attached hydrogen (secondary N) is 2. The summed E-state index contributed by atoms with van der Waals surface area (Å²) in [7, 11) is 2.28. The van der Waals surface area contributed by atoms with Gasteiger partial charge >= 0.3 is 0 Å². The van der Waals surface area contributed by atoms with Crippen molar-refractivity contribution in [1.82, 2.24) is 4.98 Å². The molecular formula is C24H29N2O3P. The third kappa shape index (κ3) is 4.27. The number of benzene rings is 2. The van der Waals surface area contributed by atoms with Gasteiger partial charge in [-0.05, 0) is 34.6 Å². The summed E-state index contributed by atoms with van der Waals surface area (Å²) in [5, 5.41) is 3.43. The fraction of sp³-hybridized carbons (Fsp3) is 0.333. The second-order valence-electron chi connectivity index (χ2n) is 9.54. The van der Waals surface area contributed by atoms with Gasteiger partial charge in [0.05, 0.1) is 9.47 Å². The Bertz CT molecular complexity index is 1170. The summed E-state index contributed by atoms with van der Waals surface area (Å²) >= 11 is 0. The van der Waals surface area contributed by atoms with E-state index in [9.17, 15) is 9.59 Å². The summed E-state index contributed by atoms with van der Waals surface area (Å²) in [5.74, 6) is 0.217. The highest BCUT2D eigenvalue weighted by Gasteiger charge is 2.27. The maximum absolute atomic E-state index is 13.1. The Kier molecular flexibility index (Phi) is 5.79. The predicted octanol–water partition coefficient (Wildman–Crippen LogP) is 5.54. The first-order valence-corrected chi connectivity index (χ1v) is 10.4. The van der Waals surface area contributed by atoms with Crippen LogP contribution >= 0.6 is 9.47 Å². The summed E-state index contributed by atoms with van der Waals surface area (Å²) in [6, 6.07) is 11.1. The van der Waals surface area contributed by atoms with Gasteiger partial charge in [-0.1, -0.05) is 53.7 Å². The standard InChI is InChI=1S/C24H29N2O3P/c1-23(2,3)16-11-17(24(4,5)6)20(29-30)12-19(16)26-22(28)15-13-25-18-10-8-7-9-14(18)21(15)27/h7-13H,30H2,1-6H3,(H,25,27)(H,26,28). The van der Waals surface area contributed by atoms with Gasteiger partial charge in [0.25, 0.3) is 5.91 Å². The van der Waals surface area contributed by atoms with Crippen LogP contribution < -0.4 is 15.3 Å². The highest BCUT2D eigenvalue weighted by Crippen LogP contribution is 2.40. The predicted molar refractivity (Wildman–Crippen MR) is 127 cm³/mol. The lowest BCUT2D eigenvalue weighted by molar-refractivity contribution is 0.102. The molecule has 1 atom stereocenters. The molecule has 0 aliphatic heterocycles. The smallest absolute Gasteiger partial charge is 0.261 e. The molecule has 3 rings (SSSR count). The van der Waals surface area contributed by atoms with Gasteiger partial charge in [-0.25, -0.2) is 0 Å². The van der Waals surface area contributed by atoms with E-state index in [1.807, 2.05) is 18.2 Å². The highest BCUT2D eigenvalue weighted by molar-refractivity contribution is 7.10. The molecule has 0 radical (unpaired) electrons. The van der Waals surface area contributed by atoms with Crippen molar-refractivity contribution < 1.29 is 9.32 Å². The van der Waals surface area contributed by atoms with Crippen molar-refractivity contribution in [2.45, 2.75) is 52.4 Å². The van der Waals surface area contributed by atoms with Gasteiger partial charge < -0.3 is 14.8 Å². The second-order valence-corrected chi connectivity index (χ2v) is 9.78. The number of anilines is 1. The number of aromatic nitrogens is 1. The molecule has 30 heavy (non-hydrogen) atoms. The van der Waals surface area contributed by atoms with Crippen LogP contribution in [0.15, 0.2) is 47.4 Å². The van der Waals surface area contributed by atoms with E-state index < -0.39 is 5.91 Å². The number of pyridine rings is 1. The number of H-pyrrole nitrogens is 1. The molecule has 5 nitrogen and oxygen atoms in total. The second kappa shape index (κ2) is 7.88. The number of aromatic amines is 1. The van der Waals surface area contributed by atoms with Crippen molar-refractivity contribution in [2.75, 3.05) is 5.32 Å². The van der Waals surface area contributed by atoms with E-state index in [0.717, 1.165) is 11.1 Å². The number of hydrogen-bond donors (Lipinski definition) is 2. The van der Waals surface area contributed by atoms with E-state index in [2.05, 4.69) is 67.4 Å². The first-order chi connectivity index (χ1) is 13.9. The summed E-state index contributed by atoms with van der Waals surface area (Å²) in [4.78, 5) is 28.9. The Hall–Kier alpha value is -2.65. The van der Waals surface area contributed by atoms with Crippen molar-refractivity contribution >= 4 is 32.0 Å². The van der Waals surface area contributed by atoms with Gasteiger partial charge in [0.2, 0.25) is 5.43 Å². The van der Waals surface area contributed by atoms with E-state index in [4.69, 9.17) is 4.52 Å². The zero-order valence-corrected chi connectivity index (χ0v) is 19.5. The SMILES string of the molecule is CC(C)(C)c1cc(C(C)(C)C)c(OP)cc1NC(=O)c1c[nH]c2ccccc2c1=O. The molecule has 1 heterocycles. The molecule has 0 saturated heterocycles. The number of carbonyl (C=O) groups excluding carboxylic acids is 1. The molecule has 0 fully saturated rings. The summed E-state index contributed by atoms with van der Waals surface area (Å²) in [6.07, 6.45) is 1.47. The molecule has 0 bridgehead atoms. The van der Waals surface area contributed by atoms with Crippen LogP contribution in [0.2, 0.25) is 0 Å². The monoisotopic (exact) mass is 424 g/mol. The van der Waals surface area contributed by atoms with Crippen LogP contribution in [0.4, 0.5) is 5.69 Å². The number of hydrogen-bond acceptors (Lipinski definition) is 3. The Morgan fingerprint density at radius 1 is 1.00 bits per heavy atom. The minimum absolute atomic E-state index is 0.0711. The largest absolute Gasteiger partial charge is 0.480 e. The minimum atomic E-state index is -0.453. The zero-order chi connectivity index (χ0) is 22.3. The van der Waals surface area contributed by atoms with E-state index in [0.29, 0.717) is 22.3 Å². The molecule has 1 amide bonds. The normalized spacial score (nSPS) is 12.1. The first kappa shape index (κ1) is 22.0. The van der Waals surface area contributed by atoms with Crippen LogP contribution in [0.1, 0.15) is 63.0 Å². The number of para-hydroxylation sites is 1. The summed E-state index contributed by atoms with van der Waals surface area (Å²) < 4.78 is 5.55. The van der Waals surface area contributed by atoms with Crippen molar-refractivity contribution in [3.63, 3.8) is 0 Å². The lowest BCUT2D eigenvalue weighted by Gasteiger charge is -2.29. The molecule has 1 aromatic heterocycles. The lowest BCUT2D eigenvalue weighted by Crippen LogP contribution is -2.25. The molecule has 3 aromatic rings. The average Bonchev–Trinajstić information content (AvgIpc) is 2.66. The topological polar surface area (TPSA) is 71.2 Å². The van der Waals surface area contributed by atoms with Crippen LogP contribution in [0.5, 0.6) is 5.75 Å².